The summed E-state index contributed by atoms with van der Waals surface area (Å²) >= 11 is 3.34. The molecule has 5 heteroatoms. The minimum Gasteiger partial charge on any atom is -0.476 e. The number of hydrogen-bond acceptors (Lipinski definition) is 2. The number of fused-ring (bicyclic) bond motifs is 1. The first-order valence-electron chi connectivity index (χ1n) is 5.06. The summed E-state index contributed by atoms with van der Waals surface area (Å²) in [6.45, 7) is 0. The van der Waals surface area contributed by atoms with Gasteiger partial charge in [0.15, 0.2) is 5.69 Å². The molecule has 16 heavy (non-hydrogen) atoms. The number of hydrogen-bond donors (Lipinski definition) is 1. The van der Waals surface area contributed by atoms with E-state index in [-0.39, 0.29) is 5.69 Å². The molecule has 3 rings (SSSR count). The minimum atomic E-state index is -0.974. The molecule has 2 aromatic rings. The van der Waals surface area contributed by atoms with E-state index >= 15 is 0 Å². The van der Waals surface area contributed by atoms with Crippen LogP contribution in [-0.4, -0.2) is 20.5 Å². The standard InChI is InChI=1S/C11H9BrN2O2/c12-7-3-9-10(11(15)16)13-8(6-1-2-6)5-14(9)4-7/h3-6H,1-2H2,(H,15,16). The summed E-state index contributed by atoms with van der Waals surface area (Å²) in [5.41, 5.74) is 1.65. The highest BCUT2D eigenvalue weighted by molar-refractivity contribution is 9.10. The number of carboxylic acid groups (broad SMARTS) is 1. The predicted octanol–water partition coefficient (Wildman–Crippen LogP) is 2.67. The van der Waals surface area contributed by atoms with E-state index in [9.17, 15) is 4.79 Å². The Morgan fingerprint density at radius 2 is 2.25 bits per heavy atom. The number of nitrogens with zero attached hydrogens (tertiary/aromatic N) is 2. The van der Waals surface area contributed by atoms with Crippen LogP contribution in [0, 0.1) is 0 Å². The molecular formula is C11H9BrN2O2. The number of carboxylic acids is 1. The first kappa shape index (κ1) is 9.84. The van der Waals surface area contributed by atoms with Gasteiger partial charge in [0, 0.05) is 22.8 Å². The van der Waals surface area contributed by atoms with Crippen molar-refractivity contribution in [2.75, 3.05) is 0 Å². The number of carbonyl (C=O) groups is 1. The van der Waals surface area contributed by atoms with Crippen molar-refractivity contribution in [3.8, 4) is 0 Å². The van der Waals surface area contributed by atoms with Crippen molar-refractivity contribution >= 4 is 27.4 Å². The molecule has 0 unspecified atom stereocenters. The second-order valence-electron chi connectivity index (χ2n) is 4.04. The van der Waals surface area contributed by atoms with Crippen LogP contribution in [0.1, 0.15) is 34.9 Å². The van der Waals surface area contributed by atoms with Gasteiger partial charge in [0.2, 0.25) is 0 Å². The van der Waals surface area contributed by atoms with Gasteiger partial charge in [0.1, 0.15) is 0 Å². The van der Waals surface area contributed by atoms with Gasteiger partial charge in [-0.15, -0.1) is 0 Å². The maximum absolute atomic E-state index is 11.1. The van der Waals surface area contributed by atoms with E-state index in [1.54, 1.807) is 6.07 Å². The summed E-state index contributed by atoms with van der Waals surface area (Å²) in [6, 6.07) is 1.77. The molecule has 0 atom stereocenters. The SMILES string of the molecule is O=C(O)c1nc(C2CC2)cn2cc(Br)cc12. The molecule has 0 bridgehead atoms. The average Bonchev–Trinajstić information content (AvgIpc) is 2.98. The van der Waals surface area contributed by atoms with Crippen molar-refractivity contribution in [2.45, 2.75) is 18.8 Å². The molecule has 1 aliphatic rings. The molecule has 1 N–H and O–H groups in total. The van der Waals surface area contributed by atoms with Crippen LogP contribution in [0.3, 0.4) is 0 Å². The molecule has 2 heterocycles. The zero-order valence-corrected chi connectivity index (χ0v) is 9.94. The van der Waals surface area contributed by atoms with Crippen molar-refractivity contribution < 1.29 is 9.90 Å². The van der Waals surface area contributed by atoms with Crippen LogP contribution in [0.4, 0.5) is 0 Å². The van der Waals surface area contributed by atoms with Crippen molar-refractivity contribution in [2.24, 2.45) is 0 Å². The molecular weight excluding hydrogens is 272 g/mol. The summed E-state index contributed by atoms with van der Waals surface area (Å²) in [4.78, 5) is 15.4. The molecule has 1 aliphatic carbocycles. The number of halogens is 1. The van der Waals surface area contributed by atoms with Crippen LogP contribution in [0.15, 0.2) is 22.9 Å². The predicted molar refractivity (Wildman–Crippen MR) is 61.8 cm³/mol. The van der Waals surface area contributed by atoms with E-state index in [1.807, 2.05) is 16.8 Å². The third kappa shape index (κ3) is 1.51. The second kappa shape index (κ2) is 3.31. The van der Waals surface area contributed by atoms with Gasteiger partial charge in [-0.2, -0.15) is 0 Å². The Morgan fingerprint density at radius 1 is 1.50 bits per heavy atom. The normalized spacial score (nSPS) is 15.6. The summed E-state index contributed by atoms with van der Waals surface area (Å²) < 4.78 is 2.69. The van der Waals surface area contributed by atoms with Crippen molar-refractivity contribution in [1.29, 1.82) is 0 Å². The van der Waals surface area contributed by atoms with Crippen molar-refractivity contribution in [1.82, 2.24) is 9.38 Å². The van der Waals surface area contributed by atoms with Crippen LogP contribution >= 0.6 is 15.9 Å². The molecule has 0 aliphatic heterocycles. The topological polar surface area (TPSA) is 54.6 Å². The Morgan fingerprint density at radius 3 is 2.88 bits per heavy atom. The fourth-order valence-electron chi connectivity index (χ4n) is 1.83. The Balaban J connectivity index is 2.29. The molecule has 0 radical (unpaired) electrons. The summed E-state index contributed by atoms with van der Waals surface area (Å²) in [6.07, 6.45) is 6.00. The zero-order chi connectivity index (χ0) is 11.3. The van der Waals surface area contributed by atoms with Gasteiger partial charge in [-0.1, -0.05) is 0 Å². The highest BCUT2D eigenvalue weighted by Crippen LogP contribution is 2.39. The number of aromatic nitrogens is 2. The molecule has 0 aromatic carbocycles. The fourth-order valence-corrected chi connectivity index (χ4v) is 2.27. The first-order valence-corrected chi connectivity index (χ1v) is 5.86. The Kier molecular flexibility index (Phi) is 2.04. The van der Waals surface area contributed by atoms with Gasteiger partial charge in [-0.25, -0.2) is 9.78 Å². The Hall–Kier alpha value is -1.36. The second-order valence-corrected chi connectivity index (χ2v) is 4.96. The molecule has 0 amide bonds. The molecule has 0 spiro atoms. The lowest BCUT2D eigenvalue weighted by molar-refractivity contribution is 0.0692. The molecule has 1 saturated carbocycles. The first-order chi connectivity index (χ1) is 7.65. The monoisotopic (exact) mass is 280 g/mol. The quantitative estimate of drug-likeness (QED) is 0.920. The van der Waals surface area contributed by atoms with E-state index in [0.29, 0.717) is 11.4 Å². The fraction of sp³-hybridized carbons (Fsp3) is 0.273. The third-order valence-corrected chi connectivity index (χ3v) is 3.20. The van der Waals surface area contributed by atoms with Crippen LogP contribution in [0.5, 0.6) is 0 Å². The van der Waals surface area contributed by atoms with Gasteiger partial charge in [0.25, 0.3) is 0 Å². The Bertz CT molecular complexity index is 587. The third-order valence-electron chi connectivity index (χ3n) is 2.77. The van der Waals surface area contributed by atoms with Gasteiger partial charge < -0.3 is 9.51 Å². The van der Waals surface area contributed by atoms with E-state index in [2.05, 4.69) is 20.9 Å². The van der Waals surface area contributed by atoms with Gasteiger partial charge in [0.05, 0.1) is 11.2 Å². The lowest BCUT2D eigenvalue weighted by atomic mass is 10.2. The van der Waals surface area contributed by atoms with Crippen molar-refractivity contribution in [3.05, 3.63) is 34.3 Å². The van der Waals surface area contributed by atoms with Gasteiger partial charge in [-0.05, 0) is 34.8 Å². The summed E-state index contributed by atoms with van der Waals surface area (Å²) in [5, 5.41) is 9.13. The number of rotatable bonds is 2. The smallest absolute Gasteiger partial charge is 0.356 e. The maximum atomic E-state index is 11.1. The molecule has 2 aromatic heterocycles. The highest BCUT2D eigenvalue weighted by atomic mass is 79.9. The largest absolute Gasteiger partial charge is 0.476 e. The van der Waals surface area contributed by atoms with Gasteiger partial charge in [-0.3, -0.25) is 0 Å². The lowest BCUT2D eigenvalue weighted by Gasteiger charge is -2.03. The summed E-state index contributed by atoms with van der Waals surface area (Å²) in [5.74, 6) is -0.526. The molecule has 1 fully saturated rings. The highest BCUT2D eigenvalue weighted by Gasteiger charge is 2.27. The lowest BCUT2D eigenvalue weighted by Crippen LogP contribution is -2.06. The van der Waals surface area contributed by atoms with E-state index in [1.165, 1.54) is 0 Å². The van der Waals surface area contributed by atoms with Crippen LogP contribution in [-0.2, 0) is 0 Å². The Labute approximate surface area is 100 Å². The summed E-state index contributed by atoms with van der Waals surface area (Å²) in [7, 11) is 0. The van der Waals surface area contributed by atoms with E-state index in [0.717, 1.165) is 23.0 Å². The zero-order valence-electron chi connectivity index (χ0n) is 8.35. The van der Waals surface area contributed by atoms with Gasteiger partial charge >= 0.3 is 5.97 Å². The van der Waals surface area contributed by atoms with E-state index < -0.39 is 5.97 Å². The van der Waals surface area contributed by atoms with Crippen molar-refractivity contribution in [3.63, 3.8) is 0 Å². The minimum absolute atomic E-state index is 0.134. The maximum Gasteiger partial charge on any atom is 0.356 e. The van der Waals surface area contributed by atoms with Crippen LogP contribution in [0.25, 0.3) is 5.52 Å². The van der Waals surface area contributed by atoms with Crippen LogP contribution < -0.4 is 0 Å². The molecule has 4 nitrogen and oxygen atoms in total. The van der Waals surface area contributed by atoms with Crippen LogP contribution in [0.2, 0.25) is 0 Å². The molecule has 82 valence electrons. The average molecular weight is 281 g/mol. The number of aromatic carboxylic acids is 1. The molecule has 0 saturated heterocycles. The van der Waals surface area contributed by atoms with E-state index in [4.69, 9.17) is 5.11 Å².